The molecule has 0 aliphatic rings. The van der Waals surface area contributed by atoms with E-state index in [0.717, 1.165) is 12.2 Å². The Balaban J connectivity index is 2.98. The molecule has 0 fully saturated rings. The summed E-state index contributed by atoms with van der Waals surface area (Å²) in [5.41, 5.74) is 8.38. The first-order chi connectivity index (χ1) is 10.0. The molecule has 1 aromatic heterocycles. The maximum atomic E-state index is 8.28. The molecule has 4 nitrogen and oxygen atoms in total. The van der Waals surface area contributed by atoms with Gasteiger partial charge < -0.3 is 11.1 Å². The molecule has 1 rings (SSSR count). The van der Waals surface area contributed by atoms with Crippen molar-refractivity contribution >= 4 is 17.2 Å². The molecular weight excluding hydrogens is 260 g/mol. The fourth-order valence-electron chi connectivity index (χ4n) is 2.21. The number of nitrogens with two attached hydrogens (primary N) is 1. The Morgan fingerprint density at radius 1 is 1.57 bits per heavy atom. The Morgan fingerprint density at radius 3 is 2.90 bits per heavy atom. The first-order valence-electron chi connectivity index (χ1n) is 7.40. The monoisotopic (exact) mass is 286 g/mol. The Bertz CT molecular complexity index is 532. The zero-order chi connectivity index (χ0) is 15.8. The summed E-state index contributed by atoms with van der Waals surface area (Å²) in [6.07, 6.45) is 7.67. The van der Waals surface area contributed by atoms with Gasteiger partial charge in [-0.1, -0.05) is 39.0 Å². The normalized spacial score (nSPS) is 12.3. The zero-order valence-corrected chi connectivity index (χ0v) is 13.2. The van der Waals surface area contributed by atoms with Crippen molar-refractivity contribution in [2.24, 2.45) is 5.92 Å². The Hall–Kier alpha value is -2.10. The van der Waals surface area contributed by atoms with Crippen LogP contribution in [0.5, 0.6) is 0 Å². The van der Waals surface area contributed by atoms with Gasteiger partial charge in [-0.15, -0.1) is 0 Å². The predicted molar refractivity (Wildman–Crippen MR) is 92.0 cm³/mol. The molecule has 0 bridgehead atoms. The third-order valence-electron chi connectivity index (χ3n) is 3.34. The SMILES string of the molecule is C=C(C=CC)C(=N)c1c(NCC(C)CCC)ccnc1N. The summed E-state index contributed by atoms with van der Waals surface area (Å²) in [5, 5.41) is 11.7. The van der Waals surface area contributed by atoms with Crippen LogP contribution in [0.4, 0.5) is 11.5 Å². The number of rotatable bonds is 8. The molecule has 4 heteroatoms. The van der Waals surface area contributed by atoms with Gasteiger partial charge in [0.25, 0.3) is 0 Å². The van der Waals surface area contributed by atoms with E-state index >= 15 is 0 Å². The number of nitrogen functional groups attached to an aromatic ring is 1. The van der Waals surface area contributed by atoms with Gasteiger partial charge in [-0.2, -0.15) is 0 Å². The van der Waals surface area contributed by atoms with Crippen molar-refractivity contribution in [3.8, 4) is 0 Å². The van der Waals surface area contributed by atoms with E-state index in [1.54, 1.807) is 12.3 Å². The molecular formula is C17H26N4. The van der Waals surface area contributed by atoms with Gasteiger partial charge in [0.05, 0.1) is 11.3 Å². The highest BCUT2D eigenvalue weighted by Crippen LogP contribution is 2.24. The molecule has 1 atom stereocenters. The van der Waals surface area contributed by atoms with Crippen molar-refractivity contribution in [3.05, 3.63) is 42.1 Å². The van der Waals surface area contributed by atoms with Crippen LogP contribution in [-0.2, 0) is 0 Å². The molecule has 114 valence electrons. The van der Waals surface area contributed by atoms with Crippen LogP contribution in [0.3, 0.4) is 0 Å². The van der Waals surface area contributed by atoms with Gasteiger partial charge in [0.1, 0.15) is 5.82 Å². The van der Waals surface area contributed by atoms with E-state index in [9.17, 15) is 0 Å². The van der Waals surface area contributed by atoms with Crippen LogP contribution < -0.4 is 11.1 Å². The molecule has 0 spiro atoms. The van der Waals surface area contributed by atoms with Gasteiger partial charge in [0.15, 0.2) is 0 Å². The molecule has 1 heterocycles. The summed E-state index contributed by atoms with van der Waals surface area (Å²) in [6.45, 7) is 11.1. The topological polar surface area (TPSA) is 74.8 Å². The smallest absolute Gasteiger partial charge is 0.134 e. The second-order valence-corrected chi connectivity index (χ2v) is 5.29. The number of anilines is 2. The number of hydrogen-bond donors (Lipinski definition) is 3. The van der Waals surface area contributed by atoms with Crippen molar-refractivity contribution in [2.45, 2.75) is 33.6 Å². The van der Waals surface area contributed by atoms with Crippen molar-refractivity contribution in [3.63, 3.8) is 0 Å². The Kier molecular flexibility index (Phi) is 6.66. The maximum Gasteiger partial charge on any atom is 0.134 e. The molecule has 4 N–H and O–H groups in total. The average Bonchev–Trinajstić information content (AvgIpc) is 2.45. The minimum atomic E-state index is 0.310. The number of nitrogens with zero attached hydrogens (tertiary/aromatic N) is 1. The van der Waals surface area contributed by atoms with Crippen molar-refractivity contribution in [1.82, 2.24) is 4.98 Å². The summed E-state index contributed by atoms with van der Waals surface area (Å²) >= 11 is 0. The fourth-order valence-corrected chi connectivity index (χ4v) is 2.21. The second kappa shape index (κ2) is 8.25. The van der Waals surface area contributed by atoms with E-state index in [2.05, 4.69) is 30.7 Å². The van der Waals surface area contributed by atoms with Crippen LogP contribution in [0.25, 0.3) is 0 Å². The third-order valence-corrected chi connectivity index (χ3v) is 3.34. The van der Waals surface area contributed by atoms with Gasteiger partial charge in [0.2, 0.25) is 0 Å². The van der Waals surface area contributed by atoms with Crippen LogP contribution >= 0.6 is 0 Å². The maximum absolute atomic E-state index is 8.28. The van der Waals surface area contributed by atoms with Gasteiger partial charge in [-0.3, -0.25) is 5.41 Å². The van der Waals surface area contributed by atoms with E-state index in [-0.39, 0.29) is 0 Å². The number of hydrogen-bond acceptors (Lipinski definition) is 4. The Morgan fingerprint density at radius 2 is 2.29 bits per heavy atom. The molecule has 0 aromatic carbocycles. The molecule has 21 heavy (non-hydrogen) atoms. The fraction of sp³-hybridized carbons (Fsp3) is 0.412. The lowest BCUT2D eigenvalue weighted by atomic mass is 10.0. The number of aromatic nitrogens is 1. The van der Waals surface area contributed by atoms with Crippen LogP contribution in [-0.4, -0.2) is 17.2 Å². The van der Waals surface area contributed by atoms with E-state index in [4.69, 9.17) is 11.1 Å². The zero-order valence-electron chi connectivity index (χ0n) is 13.2. The van der Waals surface area contributed by atoms with Crippen LogP contribution in [0.15, 0.2) is 36.6 Å². The first-order valence-corrected chi connectivity index (χ1v) is 7.40. The van der Waals surface area contributed by atoms with Gasteiger partial charge in [-0.25, -0.2) is 4.98 Å². The van der Waals surface area contributed by atoms with Crippen molar-refractivity contribution in [1.29, 1.82) is 5.41 Å². The number of allylic oxidation sites excluding steroid dienone is 3. The molecule has 0 saturated carbocycles. The summed E-state index contributed by atoms with van der Waals surface area (Å²) in [6, 6.07) is 1.86. The molecule has 0 amide bonds. The Labute approximate surface area is 127 Å². The molecule has 1 unspecified atom stereocenters. The van der Waals surface area contributed by atoms with E-state index in [0.29, 0.717) is 28.6 Å². The number of nitrogens with one attached hydrogen (secondary N) is 2. The lowest BCUT2D eigenvalue weighted by molar-refractivity contribution is 0.551. The molecule has 0 aliphatic heterocycles. The van der Waals surface area contributed by atoms with Crippen molar-refractivity contribution in [2.75, 3.05) is 17.6 Å². The molecule has 0 aliphatic carbocycles. The summed E-state index contributed by atoms with van der Waals surface area (Å²) < 4.78 is 0. The van der Waals surface area contributed by atoms with Crippen LogP contribution in [0.1, 0.15) is 39.2 Å². The lowest BCUT2D eigenvalue weighted by Gasteiger charge is -2.17. The summed E-state index contributed by atoms with van der Waals surface area (Å²) in [4.78, 5) is 4.10. The highest BCUT2D eigenvalue weighted by Gasteiger charge is 2.14. The van der Waals surface area contributed by atoms with Crippen LogP contribution in [0, 0.1) is 11.3 Å². The van der Waals surface area contributed by atoms with Gasteiger partial charge in [-0.05, 0) is 30.9 Å². The van der Waals surface area contributed by atoms with Crippen molar-refractivity contribution < 1.29 is 0 Å². The quantitative estimate of drug-likeness (QED) is 0.499. The van der Waals surface area contributed by atoms with E-state index in [1.807, 2.05) is 19.1 Å². The minimum absolute atomic E-state index is 0.310. The standard InChI is InChI=1S/C17H26N4/c1-5-7-12(3)11-21-14-9-10-20-17(19)15(14)16(18)13(4)8-6-2/h6,8-10,12,18H,4-5,7,11H2,1-3H3,(H3,19,20,21). The van der Waals surface area contributed by atoms with Crippen LogP contribution in [0.2, 0.25) is 0 Å². The second-order valence-electron chi connectivity index (χ2n) is 5.29. The lowest BCUT2D eigenvalue weighted by Crippen LogP contribution is -2.16. The predicted octanol–water partition coefficient (Wildman–Crippen LogP) is 4.01. The highest BCUT2D eigenvalue weighted by atomic mass is 14.9. The van der Waals surface area contributed by atoms with Gasteiger partial charge >= 0.3 is 0 Å². The first kappa shape index (κ1) is 17.0. The van der Waals surface area contributed by atoms with E-state index < -0.39 is 0 Å². The summed E-state index contributed by atoms with van der Waals surface area (Å²) in [7, 11) is 0. The molecule has 1 aromatic rings. The summed E-state index contributed by atoms with van der Waals surface area (Å²) in [5.74, 6) is 0.934. The van der Waals surface area contributed by atoms with E-state index in [1.165, 1.54) is 12.8 Å². The molecule has 0 saturated heterocycles. The average molecular weight is 286 g/mol. The minimum Gasteiger partial charge on any atom is -0.384 e. The molecule has 0 radical (unpaired) electrons. The van der Waals surface area contributed by atoms with Gasteiger partial charge in [0, 0.05) is 18.4 Å². The largest absolute Gasteiger partial charge is 0.384 e. The third kappa shape index (κ3) is 4.74. The highest BCUT2D eigenvalue weighted by molar-refractivity contribution is 6.17. The number of pyridine rings is 1.